The number of nitrogens with zero attached hydrogens (tertiary/aromatic N) is 2. The normalized spacial score (nSPS) is 18.3. The number of aliphatic hydroxyl groups is 1. The van der Waals surface area contributed by atoms with Gasteiger partial charge in [0.15, 0.2) is 0 Å². The summed E-state index contributed by atoms with van der Waals surface area (Å²) in [5, 5.41) is 13.9. The van der Waals surface area contributed by atoms with Crippen LogP contribution in [0, 0.1) is 0 Å². The lowest BCUT2D eigenvalue weighted by atomic mass is 9.95. The molecule has 2 radical (unpaired) electrons. The van der Waals surface area contributed by atoms with E-state index in [0.29, 0.717) is 16.8 Å². The van der Waals surface area contributed by atoms with Crippen LogP contribution in [0.2, 0.25) is 0 Å². The highest BCUT2D eigenvalue weighted by molar-refractivity contribution is 7.89. The first-order valence-electron chi connectivity index (χ1n) is 10.9. The quantitative estimate of drug-likeness (QED) is 0.170. The largest absolute Gasteiger partial charge is 0.376 e. The number of H-pyrrole nitrogens is 2. The van der Waals surface area contributed by atoms with Gasteiger partial charge in [-0.15, -0.1) is 0 Å². The van der Waals surface area contributed by atoms with Gasteiger partial charge in [0.25, 0.3) is 5.91 Å². The van der Waals surface area contributed by atoms with Crippen molar-refractivity contribution in [1.29, 1.82) is 0 Å². The van der Waals surface area contributed by atoms with Gasteiger partial charge in [-0.25, -0.2) is 13.4 Å². The van der Waals surface area contributed by atoms with Gasteiger partial charge < -0.3 is 25.5 Å². The fraction of sp³-hybridized carbons (Fsp3) is 0.273. The summed E-state index contributed by atoms with van der Waals surface area (Å²) < 4.78 is 34.1. The minimum absolute atomic E-state index is 0.0440. The number of carbonyl (C=O) groups is 1. The number of morpholine rings is 1. The number of fused-ring (bicyclic) bond motifs is 2. The summed E-state index contributed by atoms with van der Waals surface area (Å²) in [6.45, 7) is 0.186. The van der Waals surface area contributed by atoms with Crippen LogP contribution in [-0.4, -0.2) is 78.6 Å². The highest BCUT2D eigenvalue weighted by Gasteiger charge is 2.37. The fourth-order valence-corrected chi connectivity index (χ4v) is 6.01. The number of aliphatic hydroxyl groups excluding tert-OH is 1. The number of amides is 1. The Hall–Kier alpha value is -3.23. The van der Waals surface area contributed by atoms with Gasteiger partial charge >= 0.3 is 0 Å². The summed E-state index contributed by atoms with van der Waals surface area (Å²) in [5.41, 5.74) is 7.68. The average molecular weight is 494 g/mol. The van der Waals surface area contributed by atoms with Gasteiger partial charge in [-0.1, -0.05) is 29.7 Å². The molecule has 0 spiro atoms. The van der Waals surface area contributed by atoms with Crippen LogP contribution < -0.4 is 16.5 Å². The van der Waals surface area contributed by atoms with Crippen LogP contribution in [0.25, 0.3) is 21.9 Å². The van der Waals surface area contributed by atoms with E-state index in [0.717, 1.165) is 11.0 Å². The highest BCUT2D eigenvalue weighted by Crippen LogP contribution is 2.30. The first-order chi connectivity index (χ1) is 16.7. The number of para-hydroxylation sites is 2. The Bertz CT molecular complexity index is 1480. The number of sulfonamides is 1. The van der Waals surface area contributed by atoms with E-state index in [9.17, 15) is 18.3 Å². The Morgan fingerprint density at radius 3 is 2.86 bits per heavy atom. The number of hydrogen-bond acceptors (Lipinski definition) is 7. The zero-order valence-electron chi connectivity index (χ0n) is 18.6. The summed E-state index contributed by atoms with van der Waals surface area (Å²) in [5.74, 6) is -0.288. The Balaban J connectivity index is 1.36. The maximum Gasteiger partial charge on any atom is 0.266 e. The molecule has 4 aromatic rings. The van der Waals surface area contributed by atoms with Crippen LogP contribution in [0.1, 0.15) is 16.3 Å². The van der Waals surface area contributed by atoms with Crippen molar-refractivity contribution in [2.45, 2.75) is 23.8 Å². The van der Waals surface area contributed by atoms with Crippen LogP contribution in [0.3, 0.4) is 0 Å². The van der Waals surface area contributed by atoms with Gasteiger partial charge in [0.2, 0.25) is 10.0 Å². The molecule has 2 aromatic carbocycles. The maximum atomic E-state index is 13.6. The van der Waals surface area contributed by atoms with E-state index in [-0.39, 0.29) is 42.2 Å². The van der Waals surface area contributed by atoms with E-state index in [1.807, 2.05) is 24.3 Å². The van der Waals surface area contributed by atoms with Crippen LogP contribution in [-0.2, 0) is 21.3 Å². The van der Waals surface area contributed by atoms with E-state index in [2.05, 4.69) is 20.3 Å². The average Bonchev–Trinajstić information content (AvgIpc) is 3.44. The molecule has 1 amide bonds. The van der Waals surface area contributed by atoms with E-state index in [1.165, 1.54) is 10.4 Å². The second-order valence-electron chi connectivity index (χ2n) is 8.30. The molecule has 1 fully saturated rings. The molecular formula is C22H23BN6O5S. The molecule has 6 N–H and O–H groups in total. The number of hydrogen-bond donors (Lipinski definition) is 5. The van der Waals surface area contributed by atoms with Crippen molar-refractivity contribution >= 4 is 51.2 Å². The lowest BCUT2D eigenvalue weighted by Gasteiger charge is -2.34. The molecule has 1 saturated heterocycles. The molecule has 1 aliphatic heterocycles. The number of benzene rings is 2. The molecule has 2 unspecified atom stereocenters. The molecule has 0 bridgehead atoms. The van der Waals surface area contributed by atoms with Gasteiger partial charge in [-0.3, -0.25) is 10.1 Å². The van der Waals surface area contributed by atoms with E-state index in [1.54, 1.807) is 12.1 Å². The highest BCUT2D eigenvalue weighted by atomic mass is 32.2. The molecular weight excluding hydrogens is 471 g/mol. The predicted octanol–water partition coefficient (Wildman–Crippen LogP) is -0.565. The minimum Gasteiger partial charge on any atom is -0.376 e. The topological polar surface area (TPSA) is 166 Å². The monoisotopic (exact) mass is 494 g/mol. The first-order valence-corrected chi connectivity index (χ1v) is 12.4. The van der Waals surface area contributed by atoms with Crippen molar-refractivity contribution in [3.05, 3.63) is 54.0 Å². The van der Waals surface area contributed by atoms with Crippen LogP contribution in [0.4, 0.5) is 0 Å². The number of aromatic nitrogens is 3. The molecule has 35 heavy (non-hydrogen) atoms. The zero-order chi connectivity index (χ0) is 24.7. The second kappa shape index (κ2) is 9.09. The van der Waals surface area contributed by atoms with Gasteiger partial charge in [0.1, 0.15) is 36.6 Å². The second-order valence-corrected chi connectivity index (χ2v) is 10.2. The van der Waals surface area contributed by atoms with Gasteiger partial charge in [-0.2, -0.15) is 4.31 Å². The van der Waals surface area contributed by atoms with E-state index < -0.39 is 28.3 Å². The van der Waals surface area contributed by atoms with Crippen molar-refractivity contribution in [2.75, 3.05) is 19.7 Å². The third-order valence-electron chi connectivity index (χ3n) is 5.94. The Labute approximate surface area is 202 Å². The van der Waals surface area contributed by atoms with Gasteiger partial charge in [0.05, 0.1) is 24.2 Å². The molecule has 2 aromatic heterocycles. The number of aromatic amines is 2. The SMILES string of the molecule is [B]c1ccc2[nH]c(C(N)=O)c(S(=O)(=O)N3CCOC(C(O)NCc4nc5ccccc5[nH]4)C3)c2c1. The molecule has 2 atom stereocenters. The standard InChI is InChI=1S/C22H23BN6O5S/c23-12-5-6-14-13(9-12)20(19(28-14)21(24)30)35(32,33)29-7-8-34-17(11-29)22(31)25-10-18-26-15-3-1-2-4-16(15)27-18/h1-6,9,17,22,25,28,31H,7-8,10-11H2,(H2,24,30)(H,26,27). The van der Waals surface area contributed by atoms with Gasteiger partial charge in [-0.05, 0) is 18.2 Å². The van der Waals surface area contributed by atoms with Crippen molar-refractivity contribution in [3.63, 3.8) is 0 Å². The summed E-state index contributed by atoms with van der Waals surface area (Å²) in [6.07, 6.45) is -2.02. The first kappa shape index (κ1) is 23.5. The van der Waals surface area contributed by atoms with E-state index >= 15 is 0 Å². The number of primary amides is 1. The zero-order valence-corrected chi connectivity index (χ0v) is 19.4. The predicted molar refractivity (Wildman–Crippen MR) is 130 cm³/mol. The summed E-state index contributed by atoms with van der Waals surface area (Å²) >= 11 is 0. The fourth-order valence-electron chi connectivity index (χ4n) is 4.24. The van der Waals surface area contributed by atoms with Crippen LogP contribution in [0.5, 0.6) is 0 Å². The Morgan fingerprint density at radius 2 is 2.09 bits per heavy atom. The maximum absolute atomic E-state index is 13.6. The lowest BCUT2D eigenvalue weighted by molar-refractivity contribution is -0.0832. The Morgan fingerprint density at radius 1 is 1.29 bits per heavy atom. The molecule has 180 valence electrons. The molecule has 11 nitrogen and oxygen atoms in total. The number of nitrogens with one attached hydrogen (secondary N) is 3. The molecule has 0 aliphatic carbocycles. The number of imidazole rings is 1. The summed E-state index contributed by atoms with van der Waals surface area (Å²) in [6, 6.07) is 12.2. The summed E-state index contributed by atoms with van der Waals surface area (Å²) in [4.78, 5) is 22.2. The van der Waals surface area contributed by atoms with Crippen molar-refractivity contribution in [2.24, 2.45) is 5.73 Å². The molecule has 3 heterocycles. The minimum atomic E-state index is -4.18. The number of rotatable bonds is 7. The van der Waals surface area contributed by atoms with Crippen molar-refractivity contribution < 1.29 is 23.1 Å². The molecule has 13 heteroatoms. The smallest absolute Gasteiger partial charge is 0.266 e. The molecule has 0 saturated carbocycles. The lowest BCUT2D eigenvalue weighted by Crippen LogP contribution is -2.53. The van der Waals surface area contributed by atoms with Crippen molar-refractivity contribution in [1.82, 2.24) is 24.6 Å². The van der Waals surface area contributed by atoms with Crippen LogP contribution in [0.15, 0.2) is 47.4 Å². The van der Waals surface area contributed by atoms with E-state index in [4.69, 9.17) is 18.3 Å². The van der Waals surface area contributed by atoms with Crippen molar-refractivity contribution in [3.8, 4) is 0 Å². The summed E-state index contributed by atoms with van der Waals surface area (Å²) in [7, 11) is 1.68. The molecule has 5 rings (SSSR count). The third kappa shape index (κ3) is 4.44. The molecule has 1 aliphatic rings. The number of nitrogens with two attached hydrogens (primary N) is 1. The Kier molecular flexibility index (Phi) is 6.11. The number of carbonyl (C=O) groups excluding carboxylic acids is 1. The third-order valence-corrected chi connectivity index (χ3v) is 7.90. The van der Waals surface area contributed by atoms with Gasteiger partial charge in [0, 0.05) is 24.0 Å². The number of ether oxygens (including phenoxy) is 1. The van der Waals surface area contributed by atoms with Crippen LogP contribution >= 0.6 is 0 Å².